The molecule has 1 aliphatic heterocycles. The minimum absolute atomic E-state index is 0. The van der Waals surface area contributed by atoms with Crippen molar-refractivity contribution in [2.75, 3.05) is 20.2 Å². The van der Waals surface area contributed by atoms with Crippen LogP contribution >= 0.6 is 12.4 Å². The van der Waals surface area contributed by atoms with E-state index < -0.39 is 15.9 Å². The van der Waals surface area contributed by atoms with Gasteiger partial charge in [0.2, 0.25) is 10.0 Å². The van der Waals surface area contributed by atoms with Crippen LogP contribution in [0.1, 0.15) is 30.1 Å². The largest absolute Gasteiger partial charge is 0.496 e. The number of amides is 1. The Morgan fingerprint density at radius 2 is 1.92 bits per heavy atom. The molecule has 0 radical (unpaired) electrons. The summed E-state index contributed by atoms with van der Waals surface area (Å²) in [5.41, 5.74) is 11.2. The zero-order valence-corrected chi connectivity index (χ0v) is 15.4. The van der Waals surface area contributed by atoms with Crippen molar-refractivity contribution in [1.82, 2.24) is 4.31 Å². The molecule has 0 bridgehead atoms. The number of hydrogen-bond donors (Lipinski definition) is 2. The van der Waals surface area contributed by atoms with Gasteiger partial charge < -0.3 is 16.2 Å². The van der Waals surface area contributed by atoms with Crippen molar-refractivity contribution in [3.8, 4) is 5.75 Å². The standard InChI is InChI=1S/C15H23N3O4S.ClH/c1-10(16)11-5-7-18(8-6-11)23(20,21)12-3-4-14(22-2)13(9-12)15(17)19;/h3-4,9-11H,5-8,16H2,1-2H3,(H2,17,19);1H. The molecular weight excluding hydrogens is 354 g/mol. The molecule has 24 heavy (non-hydrogen) atoms. The fraction of sp³-hybridized carbons (Fsp3) is 0.533. The highest BCUT2D eigenvalue weighted by Crippen LogP contribution is 2.28. The number of halogens is 1. The second-order valence-electron chi connectivity index (χ2n) is 5.83. The number of ether oxygens (including phenoxy) is 1. The van der Waals surface area contributed by atoms with Gasteiger partial charge in [0.05, 0.1) is 17.6 Å². The normalized spacial score (nSPS) is 17.8. The molecule has 1 aliphatic rings. The predicted molar refractivity (Wildman–Crippen MR) is 93.9 cm³/mol. The Morgan fingerprint density at radius 3 is 2.38 bits per heavy atom. The third kappa shape index (κ3) is 4.18. The molecule has 9 heteroatoms. The maximum Gasteiger partial charge on any atom is 0.252 e. The van der Waals surface area contributed by atoms with E-state index in [9.17, 15) is 13.2 Å². The Balaban J connectivity index is 0.00000288. The van der Waals surface area contributed by atoms with Crippen LogP contribution in [-0.4, -0.2) is 44.9 Å². The highest BCUT2D eigenvalue weighted by Gasteiger charge is 2.31. The Bertz CT molecular complexity index is 686. The summed E-state index contributed by atoms with van der Waals surface area (Å²) in [4.78, 5) is 11.5. The molecule has 1 unspecified atom stereocenters. The van der Waals surface area contributed by atoms with E-state index in [-0.39, 0.29) is 34.7 Å². The molecule has 7 nitrogen and oxygen atoms in total. The lowest BCUT2D eigenvalue weighted by Gasteiger charge is -2.33. The summed E-state index contributed by atoms with van der Waals surface area (Å²) in [6, 6.07) is 4.20. The smallest absolute Gasteiger partial charge is 0.252 e. The van der Waals surface area contributed by atoms with E-state index in [4.69, 9.17) is 16.2 Å². The molecule has 1 amide bonds. The molecule has 1 aromatic carbocycles. The van der Waals surface area contributed by atoms with Crippen LogP contribution in [0.4, 0.5) is 0 Å². The van der Waals surface area contributed by atoms with Crippen LogP contribution in [0, 0.1) is 5.92 Å². The number of benzene rings is 1. The van der Waals surface area contributed by atoms with Gasteiger partial charge in [-0.1, -0.05) is 0 Å². The summed E-state index contributed by atoms with van der Waals surface area (Å²) < 4.78 is 31.9. The number of nitrogens with two attached hydrogens (primary N) is 2. The molecule has 1 saturated heterocycles. The summed E-state index contributed by atoms with van der Waals surface area (Å²) in [5, 5.41) is 0. The van der Waals surface area contributed by atoms with Crippen molar-refractivity contribution in [2.24, 2.45) is 17.4 Å². The van der Waals surface area contributed by atoms with Crippen molar-refractivity contribution >= 4 is 28.3 Å². The van der Waals surface area contributed by atoms with Gasteiger partial charge in [-0.15, -0.1) is 12.4 Å². The minimum Gasteiger partial charge on any atom is -0.496 e. The summed E-state index contributed by atoms with van der Waals surface area (Å²) in [7, 11) is -2.27. The number of primary amides is 1. The lowest BCUT2D eigenvalue weighted by molar-refractivity contribution is 0.0997. The van der Waals surface area contributed by atoms with Gasteiger partial charge in [0.1, 0.15) is 5.75 Å². The first-order chi connectivity index (χ1) is 10.8. The molecule has 0 aliphatic carbocycles. The number of hydrogen-bond acceptors (Lipinski definition) is 5. The highest BCUT2D eigenvalue weighted by atomic mass is 35.5. The molecule has 1 fully saturated rings. The van der Waals surface area contributed by atoms with Gasteiger partial charge in [0.15, 0.2) is 0 Å². The number of rotatable bonds is 5. The Hall–Kier alpha value is -1.35. The molecule has 1 atom stereocenters. The van der Waals surface area contributed by atoms with Crippen LogP contribution in [0.2, 0.25) is 0 Å². The van der Waals surface area contributed by atoms with Crippen LogP contribution in [-0.2, 0) is 10.0 Å². The maximum atomic E-state index is 12.7. The summed E-state index contributed by atoms with van der Waals surface area (Å²) in [5.74, 6) is -0.139. The number of carbonyl (C=O) groups excluding carboxylic acids is 1. The molecule has 1 heterocycles. The van der Waals surface area contributed by atoms with Gasteiger partial charge in [-0.25, -0.2) is 8.42 Å². The Morgan fingerprint density at radius 1 is 1.33 bits per heavy atom. The van der Waals surface area contributed by atoms with Crippen molar-refractivity contribution in [2.45, 2.75) is 30.7 Å². The van der Waals surface area contributed by atoms with Gasteiger partial charge in [0, 0.05) is 19.1 Å². The molecule has 0 aromatic heterocycles. The van der Waals surface area contributed by atoms with Crippen LogP contribution in [0.3, 0.4) is 0 Å². The van der Waals surface area contributed by atoms with Crippen molar-refractivity contribution < 1.29 is 17.9 Å². The second kappa shape index (κ2) is 8.15. The average molecular weight is 378 g/mol. The van der Waals surface area contributed by atoms with E-state index in [0.717, 1.165) is 12.8 Å². The zero-order chi connectivity index (χ0) is 17.2. The summed E-state index contributed by atoms with van der Waals surface area (Å²) >= 11 is 0. The van der Waals surface area contributed by atoms with E-state index in [1.807, 2.05) is 6.92 Å². The lowest BCUT2D eigenvalue weighted by Crippen LogP contribution is -2.42. The fourth-order valence-corrected chi connectivity index (χ4v) is 4.33. The lowest BCUT2D eigenvalue weighted by atomic mass is 9.92. The fourth-order valence-electron chi connectivity index (χ4n) is 2.83. The third-order valence-electron chi connectivity index (χ3n) is 4.32. The van der Waals surface area contributed by atoms with E-state index in [1.165, 1.54) is 29.6 Å². The molecule has 2 rings (SSSR count). The van der Waals surface area contributed by atoms with E-state index in [2.05, 4.69) is 0 Å². The maximum absolute atomic E-state index is 12.7. The zero-order valence-electron chi connectivity index (χ0n) is 13.8. The monoisotopic (exact) mass is 377 g/mol. The van der Waals surface area contributed by atoms with Crippen molar-refractivity contribution in [1.29, 1.82) is 0 Å². The topological polar surface area (TPSA) is 116 Å². The Kier molecular flexibility index (Phi) is 7.03. The van der Waals surface area contributed by atoms with Crippen molar-refractivity contribution in [3.05, 3.63) is 23.8 Å². The quantitative estimate of drug-likeness (QED) is 0.792. The molecular formula is C15H24ClN3O4S. The van der Waals surface area contributed by atoms with Gasteiger partial charge in [-0.2, -0.15) is 4.31 Å². The first kappa shape index (κ1) is 20.7. The molecule has 0 spiro atoms. The summed E-state index contributed by atoms with van der Waals surface area (Å²) in [6.07, 6.45) is 1.46. The first-order valence-electron chi connectivity index (χ1n) is 7.51. The third-order valence-corrected chi connectivity index (χ3v) is 6.21. The number of nitrogens with zero attached hydrogens (tertiary/aromatic N) is 1. The van der Waals surface area contributed by atoms with Crippen LogP contribution in [0.15, 0.2) is 23.1 Å². The number of methoxy groups -OCH3 is 1. The van der Waals surface area contributed by atoms with Crippen molar-refractivity contribution in [3.63, 3.8) is 0 Å². The molecule has 0 saturated carbocycles. The van der Waals surface area contributed by atoms with E-state index in [0.29, 0.717) is 19.0 Å². The van der Waals surface area contributed by atoms with E-state index in [1.54, 1.807) is 0 Å². The first-order valence-corrected chi connectivity index (χ1v) is 8.95. The van der Waals surface area contributed by atoms with Gasteiger partial charge >= 0.3 is 0 Å². The average Bonchev–Trinajstić information content (AvgIpc) is 2.54. The van der Waals surface area contributed by atoms with Crippen LogP contribution in [0.5, 0.6) is 5.75 Å². The van der Waals surface area contributed by atoms with E-state index >= 15 is 0 Å². The highest BCUT2D eigenvalue weighted by molar-refractivity contribution is 7.89. The number of piperidine rings is 1. The Labute approximate surface area is 148 Å². The predicted octanol–water partition coefficient (Wildman–Crippen LogP) is 0.964. The van der Waals surface area contributed by atoms with Gasteiger partial charge in [-0.3, -0.25) is 4.79 Å². The number of carbonyl (C=O) groups is 1. The molecule has 1 aromatic rings. The summed E-state index contributed by atoms with van der Waals surface area (Å²) in [6.45, 7) is 2.79. The molecule has 136 valence electrons. The van der Waals surface area contributed by atoms with Crippen LogP contribution in [0.25, 0.3) is 0 Å². The minimum atomic E-state index is -3.66. The second-order valence-corrected chi connectivity index (χ2v) is 7.76. The number of sulfonamides is 1. The van der Waals surface area contributed by atoms with Gasteiger partial charge in [-0.05, 0) is 43.9 Å². The SMILES string of the molecule is COc1ccc(S(=O)(=O)N2CCC(C(C)N)CC2)cc1C(N)=O.Cl. The molecule has 4 N–H and O–H groups in total. The van der Waals surface area contributed by atoms with Crippen LogP contribution < -0.4 is 16.2 Å². The van der Waals surface area contributed by atoms with Gasteiger partial charge in [0.25, 0.3) is 5.91 Å².